The minimum absolute atomic E-state index is 0.00266. The van der Waals surface area contributed by atoms with E-state index in [2.05, 4.69) is 10.6 Å². The summed E-state index contributed by atoms with van der Waals surface area (Å²) in [7, 11) is -3.70. The molecule has 1 fully saturated rings. The van der Waals surface area contributed by atoms with Crippen LogP contribution in [0.25, 0.3) is 0 Å². The van der Waals surface area contributed by atoms with Crippen molar-refractivity contribution in [2.24, 2.45) is 5.92 Å². The average molecular weight is 462 g/mol. The van der Waals surface area contributed by atoms with Gasteiger partial charge in [-0.05, 0) is 55.5 Å². The largest absolute Gasteiger partial charge is 0.326 e. The van der Waals surface area contributed by atoms with Crippen LogP contribution in [0.2, 0.25) is 5.02 Å². The molecule has 9 heteroatoms. The van der Waals surface area contributed by atoms with Crippen molar-refractivity contribution in [1.82, 2.24) is 4.31 Å². The second-order valence-corrected chi connectivity index (χ2v) is 10.2. The van der Waals surface area contributed by atoms with Gasteiger partial charge in [0, 0.05) is 36.8 Å². The van der Waals surface area contributed by atoms with E-state index < -0.39 is 10.0 Å². The predicted molar refractivity (Wildman–Crippen MR) is 120 cm³/mol. The Kier molecular flexibility index (Phi) is 6.31. The Bertz CT molecular complexity index is 1110. The molecule has 0 bridgehead atoms. The molecule has 2 aromatic rings. The first-order chi connectivity index (χ1) is 14.8. The number of sulfonamides is 1. The van der Waals surface area contributed by atoms with Crippen LogP contribution in [-0.2, 0) is 26.0 Å². The van der Waals surface area contributed by atoms with Crippen LogP contribution in [0.15, 0.2) is 47.4 Å². The maximum Gasteiger partial charge on any atom is 0.244 e. The Morgan fingerprint density at radius 3 is 2.68 bits per heavy atom. The molecule has 1 atom stereocenters. The van der Waals surface area contributed by atoms with Gasteiger partial charge in [-0.1, -0.05) is 29.8 Å². The van der Waals surface area contributed by atoms with Crippen molar-refractivity contribution in [3.8, 4) is 0 Å². The van der Waals surface area contributed by atoms with Gasteiger partial charge in [-0.2, -0.15) is 4.31 Å². The highest BCUT2D eigenvalue weighted by Gasteiger charge is 2.30. The van der Waals surface area contributed by atoms with Crippen LogP contribution in [0, 0.1) is 5.92 Å². The molecule has 164 valence electrons. The molecular formula is C22H24ClN3O4S. The van der Waals surface area contributed by atoms with Crippen molar-refractivity contribution < 1.29 is 18.0 Å². The maximum atomic E-state index is 12.8. The van der Waals surface area contributed by atoms with Crippen LogP contribution in [0.1, 0.15) is 31.2 Å². The molecule has 2 aliphatic rings. The highest BCUT2D eigenvalue weighted by molar-refractivity contribution is 7.89. The van der Waals surface area contributed by atoms with Gasteiger partial charge >= 0.3 is 0 Å². The Morgan fingerprint density at radius 2 is 1.90 bits per heavy atom. The Hall–Kier alpha value is -2.42. The van der Waals surface area contributed by atoms with Gasteiger partial charge in [-0.25, -0.2) is 8.42 Å². The van der Waals surface area contributed by atoms with Gasteiger partial charge in [0.05, 0.1) is 5.02 Å². The van der Waals surface area contributed by atoms with Crippen LogP contribution in [0.3, 0.4) is 0 Å². The summed E-state index contributed by atoms with van der Waals surface area (Å²) >= 11 is 6.15. The fraction of sp³-hybridized carbons (Fsp3) is 0.364. The lowest BCUT2D eigenvalue weighted by Gasteiger charge is -2.24. The van der Waals surface area contributed by atoms with E-state index in [-0.39, 0.29) is 34.1 Å². The number of carbonyl (C=O) groups is 2. The second-order valence-electron chi connectivity index (χ2n) is 7.89. The van der Waals surface area contributed by atoms with E-state index >= 15 is 0 Å². The van der Waals surface area contributed by atoms with E-state index in [0.717, 1.165) is 24.1 Å². The summed E-state index contributed by atoms with van der Waals surface area (Å²) in [6.45, 7) is 0.948. The molecule has 2 amide bonds. The zero-order chi connectivity index (χ0) is 22.0. The number of nitrogens with one attached hydrogen (secondary N) is 2. The van der Waals surface area contributed by atoms with Gasteiger partial charge in [-0.15, -0.1) is 0 Å². The number of benzene rings is 2. The lowest BCUT2D eigenvalue weighted by molar-refractivity contribution is -0.121. The zero-order valence-electron chi connectivity index (χ0n) is 16.9. The molecule has 0 aromatic heterocycles. The van der Waals surface area contributed by atoms with Crippen molar-refractivity contribution in [2.75, 3.05) is 23.7 Å². The van der Waals surface area contributed by atoms with Crippen molar-refractivity contribution in [1.29, 1.82) is 0 Å². The first kappa shape index (κ1) is 21.8. The Balaban J connectivity index is 1.40. The summed E-state index contributed by atoms with van der Waals surface area (Å²) in [5.74, 6) is -0.646. The molecule has 0 saturated carbocycles. The molecule has 0 radical (unpaired) electrons. The van der Waals surface area contributed by atoms with Crippen LogP contribution in [0.4, 0.5) is 11.4 Å². The number of carbonyl (C=O) groups excluding carboxylic acids is 2. The minimum atomic E-state index is -3.70. The number of para-hydroxylation sites is 1. The van der Waals surface area contributed by atoms with Crippen LogP contribution in [-0.4, -0.2) is 37.6 Å². The number of nitrogens with zero attached hydrogens (tertiary/aromatic N) is 1. The molecule has 2 heterocycles. The van der Waals surface area contributed by atoms with Gasteiger partial charge < -0.3 is 10.6 Å². The number of hydrogen-bond acceptors (Lipinski definition) is 4. The molecular weight excluding hydrogens is 438 g/mol. The normalized spacial score (nSPS) is 19.0. The fourth-order valence-electron chi connectivity index (χ4n) is 4.02. The molecule has 1 unspecified atom stereocenters. The number of anilines is 2. The highest BCUT2D eigenvalue weighted by atomic mass is 35.5. The number of halogens is 1. The molecule has 31 heavy (non-hydrogen) atoms. The lowest BCUT2D eigenvalue weighted by Crippen LogP contribution is -2.30. The standard InChI is InChI=1S/C22H24ClN3O4S/c23-18-9-8-17(14-20(18)31(29,30)26-11-3-4-12-26)24-21(27)10-7-16-13-15-5-1-2-6-19(15)25-22(16)28/h1-2,5-6,8-9,14,16H,3-4,7,10-13H2,(H,24,27)(H,25,28). The molecule has 7 nitrogen and oxygen atoms in total. The molecule has 4 rings (SSSR count). The summed E-state index contributed by atoms with van der Waals surface area (Å²) in [5.41, 5.74) is 2.24. The zero-order valence-corrected chi connectivity index (χ0v) is 18.5. The van der Waals surface area contributed by atoms with E-state index in [1.54, 1.807) is 6.07 Å². The molecule has 0 aliphatic carbocycles. The van der Waals surface area contributed by atoms with Crippen LogP contribution >= 0.6 is 11.6 Å². The summed E-state index contributed by atoms with van der Waals surface area (Å²) in [5, 5.41) is 5.74. The Morgan fingerprint density at radius 1 is 1.16 bits per heavy atom. The predicted octanol–water partition coefficient (Wildman–Crippen LogP) is 3.65. The molecule has 2 aliphatic heterocycles. The quantitative estimate of drug-likeness (QED) is 0.686. The number of rotatable bonds is 6. The lowest BCUT2D eigenvalue weighted by atomic mass is 9.89. The summed E-state index contributed by atoms with van der Waals surface area (Å²) in [4.78, 5) is 24.8. The molecule has 0 spiro atoms. The van der Waals surface area contributed by atoms with E-state index in [1.807, 2.05) is 24.3 Å². The Labute approximate surface area is 186 Å². The van der Waals surface area contributed by atoms with Crippen molar-refractivity contribution in [3.05, 3.63) is 53.1 Å². The first-order valence-electron chi connectivity index (χ1n) is 10.3. The van der Waals surface area contributed by atoms with Crippen molar-refractivity contribution >= 4 is 44.8 Å². The fourth-order valence-corrected chi connectivity index (χ4v) is 6.04. The van der Waals surface area contributed by atoms with Crippen LogP contribution < -0.4 is 10.6 Å². The highest BCUT2D eigenvalue weighted by Crippen LogP contribution is 2.30. The van der Waals surface area contributed by atoms with E-state index in [4.69, 9.17) is 11.6 Å². The average Bonchev–Trinajstić information content (AvgIpc) is 3.29. The van der Waals surface area contributed by atoms with Crippen LogP contribution in [0.5, 0.6) is 0 Å². The number of amides is 2. The third kappa shape index (κ3) is 4.76. The van der Waals surface area contributed by atoms with Crippen molar-refractivity contribution in [2.45, 2.75) is 37.0 Å². The second kappa shape index (κ2) is 8.98. The van der Waals surface area contributed by atoms with Gasteiger partial charge in [0.1, 0.15) is 4.90 Å². The SMILES string of the molecule is O=C(CCC1Cc2ccccc2NC1=O)Nc1ccc(Cl)c(S(=O)(=O)N2CCCC2)c1. The monoisotopic (exact) mass is 461 g/mol. The smallest absolute Gasteiger partial charge is 0.244 e. The number of fused-ring (bicyclic) bond motifs is 1. The third-order valence-electron chi connectivity index (χ3n) is 5.73. The third-order valence-corrected chi connectivity index (χ3v) is 8.11. The summed E-state index contributed by atoms with van der Waals surface area (Å²) in [6, 6.07) is 12.1. The maximum absolute atomic E-state index is 12.8. The molecule has 2 aromatic carbocycles. The van der Waals surface area contributed by atoms with E-state index in [1.165, 1.54) is 16.4 Å². The first-order valence-corrected chi connectivity index (χ1v) is 12.1. The van der Waals surface area contributed by atoms with E-state index in [9.17, 15) is 18.0 Å². The molecule has 1 saturated heterocycles. The number of hydrogen-bond donors (Lipinski definition) is 2. The minimum Gasteiger partial charge on any atom is -0.326 e. The van der Waals surface area contributed by atoms with Crippen molar-refractivity contribution in [3.63, 3.8) is 0 Å². The summed E-state index contributed by atoms with van der Waals surface area (Å²) in [6.07, 6.45) is 2.79. The topological polar surface area (TPSA) is 95.6 Å². The van der Waals surface area contributed by atoms with Gasteiger partial charge in [-0.3, -0.25) is 9.59 Å². The molecule has 2 N–H and O–H groups in total. The van der Waals surface area contributed by atoms with E-state index in [0.29, 0.717) is 31.6 Å². The summed E-state index contributed by atoms with van der Waals surface area (Å²) < 4.78 is 27.1. The van der Waals surface area contributed by atoms with Gasteiger partial charge in [0.25, 0.3) is 0 Å². The van der Waals surface area contributed by atoms with Gasteiger partial charge in [0.2, 0.25) is 21.8 Å². The van der Waals surface area contributed by atoms with Gasteiger partial charge in [0.15, 0.2) is 0 Å².